The monoisotopic (exact) mass is 460 g/mol. The molecular weight excluding hydrogens is 447 g/mol. The maximum Gasteiger partial charge on any atom is 0.273 e. The Morgan fingerprint density at radius 3 is 2.41 bits per heavy atom. The van der Waals surface area contributed by atoms with Gasteiger partial charge in [0.05, 0.1) is 10.2 Å². The minimum absolute atomic E-state index is 0.172. The Hall–Kier alpha value is -3.79. The molecule has 4 rings (SSSR count). The number of thiazole rings is 1. The smallest absolute Gasteiger partial charge is 0.273 e. The molecule has 0 bridgehead atoms. The maximum absolute atomic E-state index is 13.5. The van der Waals surface area contributed by atoms with Crippen LogP contribution in [0, 0.1) is 17.1 Å². The van der Waals surface area contributed by atoms with E-state index >= 15 is 0 Å². The first-order chi connectivity index (χ1) is 15.5. The van der Waals surface area contributed by atoms with Gasteiger partial charge in [-0.2, -0.15) is 5.26 Å². The Morgan fingerprint density at radius 1 is 1.03 bits per heavy atom. The fourth-order valence-electron chi connectivity index (χ4n) is 3.15. The van der Waals surface area contributed by atoms with Gasteiger partial charge in [-0.15, -0.1) is 11.3 Å². The lowest BCUT2D eigenvalue weighted by Crippen LogP contribution is -2.31. The second-order valence-corrected chi connectivity index (χ2v) is 8.24. The number of nitriles is 1. The SMILES string of the molecule is N#C/C(C(=O)c1ccccc1)=c1/s/c(=C/c2cccc(Cl)c2)c(=O)n1-c1ccc(F)cc1. The second-order valence-electron chi connectivity index (χ2n) is 6.77. The molecule has 0 amide bonds. The molecule has 0 fully saturated rings. The molecule has 4 nitrogen and oxygen atoms in total. The molecule has 32 heavy (non-hydrogen) atoms. The number of nitrogens with zero attached hydrogens (tertiary/aromatic N) is 2. The zero-order valence-electron chi connectivity index (χ0n) is 16.5. The van der Waals surface area contributed by atoms with Crippen LogP contribution >= 0.6 is 22.9 Å². The summed E-state index contributed by atoms with van der Waals surface area (Å²) in [4.78, 5) is 26.4. The van der Waals surface area contributed by atoms with E-state index in [4.69, 9.17) is 11.6 Å². The molecule has 156 valence electrons. The minimum atomic E-state index is -0.500. The van der Waals surface area contributed by atoms with Crippen LogP contribution in [0.5, 0.6) is 0 Å². The summed E-state index contributed by atoms with van der Waals surface area (Å²) in [5, 5.41) is 10.4. The average Bonchev–Trinajstić information content (AvgIpc) is 3.11. The predicted molar refractivity (Wildman–Crippen MR) is 124 cm³/mol. The van der Waals surface area contributed by atoms with E-state index in [0.717, 1.165) is 11.3 Å². The standard InChI is InChI=1S/C25H14ClFN2O2S/c26-18-8-4-5-16(13-18)14-22-24(31)29(20-11-9-19(27)10-12-20)25(32-22)21(15-28)23(30)17-6-2-1-3-7-17/h1-14H/b22-14+,25-21-. The molecule has 0 radical (unpaired) electrons. The van der Waals surface area contributed by atoms with Crippen LogP contribution in [0.3, 0.4) is 0 Å². The highest BCUT2D eigenvalue weighted by molar-refractivity contribution is 7.07. The highest BCUT2D eigenvalue weighted by Gasteiger charge is 2.18. The molecule has 0 N–H and O–H groups in total. The van der Waals surface area contributed by atoms with Gasteiger partial charge in [0.1, 0.15) is 22.1 Å². The largest absolute Gasteiger partial charge is 0.288 e. The number of carbonyl (C=O) groups excluding carboxylic acids is 1. The van der Waals surface area contributed by atoms with Crippen LogP contribution in [0.2, 0.25) is 5.02 Å². The third kappa shape index (κ3) is 4.30. The van der Waals surface area contributed by atoms with Gasteiger partial charge in [0, 0.05) is 10.6 Å². The van der Waals surface area contributed by atoms with Crippen molar-refractivity contribution >= 4 is 40.4 Å². The van der Waals surface area contributed by atoms with Gasteiger partial charge >= 0.3 is 0 Å². The van der Waals surface area contributed by atoms with Crippen molar-refractivity contribution in [2.24, 2.45) is 0 Å². The number of hydrogen-bond acceptors (Lipinski definition) is 4. The quantitative estimate of drug-likeness (QED) is 0.431. The van der Waals surface area contributed by atoms with E-state index in [-0.39, 0.29) is 10.2 Å². The van der Waals surface area contributed by atoms with Crippen LogP contribution in [0.4, 0.5) is 4.39 Å². The number of aromatic nitrogens is 1. The molecule has 1 heterocycles. The molecule has 0 saturated carbocycles. The fourth-order valence-corrected chi connectivity index (χ4v) is 4.45. The summed E-state index contributed by atoms with van der Waals surface area (Å²) in [6, 6.07) is 22.6. The van der Waals surface area contributed by atoms with Crippen LogP contribution in [-0.4, -0.2) is 10.4 Å². The molecule has 0 unspecified atom stereocenters. The lowest BCUT2D eigenvalue weighted by atomic mass is 10.1. The normalized spacial score (nSPS) is 12.3. The molecule has 1 aromatic heterocycles. The Morgan fingerprint density at radius 2 is 1.75 bits per heavy atom. The van der Waals surface area contributed by atoms with Gasteiger partial charge in [-0.05, 0) is 48.0 Å². The van der Waals surface area contributed by atoms with Crippen LogP contribution in [-0.2, 0) is 0 Å². The van der Waals surface area contributed by atoms with E-state index in [1.807, 2.05) is 6.07 Å². The molecule has 4 aromatic rings. The lowest BCUT2D eigenvalue weighted by Gasteiger charge is -2.04. The van der Waals surface area contributed by atoms with Crippen molar-refractivity contribution in [1.29, 1.82) is 5.26 Å². The molecule has 0 atom stereocenters. The summed E-state index contributed by atoms with van der Waals surface area (Å²) in [5.41, 5.74) is 0.776. The van der Waals surface area contributed by atoms with Gasteiger partial charge in [-0.1, -0.05) is 54.1 Å². The van der Waals surface area contributed by atoms with E-state index in [1.165, 1.54) is 28.8 Å². The molecular formula is C25H14ClFN2O2S. The summed E-state index contributed by atoms with van der Waals surface area (Å²) in [5.74, 6) is -0.964. The van der Waals surface area contributed by atoms with Gasteiger partial charge in [-0.3, -0.25) is 14.2 Å². The molecule has 0 aliphatic carbocycles. The number of rotatable bonds is 4. The Balaban J connectivity index is 2.06. The molecule has 0 spiro atoms. The van der Waals surface area contributed by atoms with Crippen molar-refractivity contribution in [3.8, 4) is 11.8 Å². The first-order valence-corrected chi connectivity index (χ1v) is 10.7. The number of Topliss-reactive ketones (excluding diaryl/α,β-unsaturated/α-hetero) is 1. The molecule has 3 aromatic carbocycles. The molecule has 0 aliphatic heterocycles. The number of carbonyl (C=O) groups is 1. The van der Waals surface area contributed by atoms with E-state index in [2.05, 4.69) is 0 Å². The Bertz CT molecular complexity index is 1530. The lowest BCUT2D eigenvalue weighted by molar-refractivity contribution is 0.105. The van der Waals surface area contributed by atoms with Crippen molar-refractivity contribution in [3.05, 3.63) is 120 Å². The van der Waals surface area contributed by atoms with Crippen LogP contribution in [0.15, 0.2) is 83.7 Å². The maximum atomic E-state index is 13.5. The van der Waals surface area contributed by atoms with Crippen LogP contribution < -0.4 is 14.8 Å². The van der Waals surface area contributed by atoms with Gasteiger partial charge < -0.3 is 0 Å². The zero-order valence-corrected chi connectivity index (χ0v) is 18.0. The average molecular weight is 461 g/mol. The Labute approximate surface area is 191 Å². The van der Waals surface area contributed by atoms with Gasteiger partial charge in [-0.25, -0.2) is 4.39 Å². The van der Waals surface area contributed by atoms with Crippen molar-refractivity contribution in [3.63, 3.8) is 0 Å². The van der Waals surface area contributed by atoms with E-state index in [9.17, 15) is 19.2 Å². The first-order valence-electron chi connectivity index (χ1n) is 9.47. The number of hydrogen-bond donors (Lipinski definition) is 0. The van der Waals surface area contributed by atoms with E-state index < -0.39 is 17.2 Å². The second kappa shape index (κ2) is 9.15. The summed E-state index contributed by atoms with van der Waals surface area (Å²) in [7, 11) is 0. The highest BCUT2D eigenvalue weighted by atomic mass is 35.5. The van der Waals surface area contributed by atoms with Crippen LogP contribution in [0.25, 0.3) is 17.3 Å². The minimum Gasteiger partial charge on any atom is -0.288 e. The predicted octanol–water partition coefficient (Wildman–Crippen LogP) is 4.08. The van der Waals surface area contributed by atoms with E-state index in [1.54, 1.807) is 60.7 Å². The van der Waals surface area contributed by atoms with Crippen LogP contribution in [0.1, 0.15) is 15.9 Å². The number of halogens is 2. The third-order valence-electron chi connectivity index (χ3n) is 4.64. The first kappa shape index (κ1) is 21.4. The molecule has 0 aliphatic rings. The van der Waals surface area contributed by atoms with Crippen molar-refractivity contribution in [2.45, 2.75) is 0 Å². The van der Waals surface area contributed by atoms with Crippen molar-refractivity contribution in [1.82, 2.24) is 4.57 Å². The molecule has 7 heteroatoms. The topological polar surface area (TPSA) is 62.9 Å². The summed E-state index contributed by atoms with van der Waals surface area (Å²) < 4.78 is 15.2. The molecule has 0 saturated heterocycles. The summed E-state index contributed by atoms with van der Waals surface area (Å²) >= 11 is 7.07. The van der Waals surface area contributed by atoms with Crippen molar-refractivity contribution in [2.75, 3.05) is 0 Å². The van der Waals surface area contributed by atoms with Gasteiger partial charge in [0.25, 0.3) is 5.56 Å². The Kier molecular flexibility index (Phi) is 6.13. The van der Waals surface area contributed by atoms with Gasteiger partial charge in [0.15, 0.2) is 0 Å². The highest BCUT2D eigenvalue weighted by Crippen LogP contribution is 2.12. The number of ketones is 1. The third-order valence-corrected chi connectivity index (χ3v) is 5.97. The van der Waals surface area contributed by atoms with Gasteiger partial charge in [0.2, 0.25) is 5.78 Å². The van der Waals surface area contributed by atoms with Crippen molar-refractivity contribution < 1.29 is 9.18 Å². The summed E-state index contributed by atoms with van der Waals surface area (Å²) in [6.07, 6.45) is 1.64. The fraction of sp³-hybridized carbons (Fsp3) is 0. The summed E-state index contributed by atoms with van der Waals surface area (Å²) in [6.45, 7) is 0. The number of benzene rings is 3. The van der Waals surface area contributed by atoms with E-state index in [0.29, 0.717) is 26.4 Å². The zero-order chi connectivity index (χ0) is 22.7.